The van der Waals surface area contributed by atoms with Crippen LogP contribution >= 0.6 is 0 Å². The van der Waals surface area contributed by atoms with Crippen LogP contribution in [0.3, 0.4) is 0 Å². The van der Waals surface area contributed by atoms with Crippen LogP contribution in [0.25, 0.3) is 0 Å². The Morgan fingerprint density at radius 1 is 0.759 bits per heavy atom. The Bertz CT molecular complexity index is 2530. The second-order valence-corrected chi connectivity index (χ2v) is 13.6. The maximum atomic E-state index is 14.7. The fourth-order valence-corrected chi connectivity index (χ4v) is 6.58. The molecule has 4 aromatic heterocycles. The molecule has 2 aliphatic carbocycles. The van der Waals surface area contributed by atoms with Crippen LogP contribution in [0.1, 0.15) is 76.6 Å². The maximum absolute atomic E-state index is 14.7. The van der Waals surface area contributed by atoms with Gasteiger partial charge in [0.2, 0.25) is 0 Å². The van der Waals surface area contributed by atoms with Crippen molar-refractivity contribution >= 4 is 35.2 Å². The van der Waals surface area contributed by atoms with Crippen molar-refractivity contribution in [2.75, 3.05) is 10.6 Å². The van der Waals surface area contributed by atoms with E-state index < -0.39 is 23.5 Å². The van der Waals surface area contributed by atoms with Crippen LogP contribution in [-0.2, 0) is 33.4 Å². The lowest BCUT2D eigenvalue weighted by Crippen LogP contribution is -2.18. The number of fused-ring (bicyclic) bond motifs is 2. The van der Waals surface area contributed by atoms with E-state index in [1.165, 1.54) is 42.4 Å². The summed E-state index contributed by atoms with van der Waals surface area (Å²) in [6.45, 7) is 0. The fraction of sp³-hybridized carbons (Fsp3) is 0.238. The van der Waals surface area contributed by atoms with Gasteiger partial charge in [-0.15, -0.1) is 0 Å². The Morgan fingerprint density at radius 2 is 1.33 bits per heavy atom. The van der Waals surface area contributed by atoms with Crippen molar-refractivity contribution in [2.45, 2.75) is 51.0 Å². The number of benzene rings is 2. The summed E-state index contributed by atoms with van der Waals surface area (Å²) >= 11 is 0. The highest BCUT2D eigenvalue weighted by Gasteiger charge is 2.25. The minimum Gasteiger partial charge on any atom is -0.505 e. The maximum Gasteiger partial charge on any atom is 0.165 e. The van der Waals surface area contributed by atoms with Crippen molar-refractivity contribution < 1.29 is 18.6 Å². The summed E-state index contributed by atoms with van der Waals surface area (Å²) < 4.78 is 37.0. The van der Waals surface area contributed by atoms with Crippen LogP contribution in [-0.4, -0.2) is 47.1 Å². The number of anilines is 4. The molecule has 0 bridgehead atoms. The van der Waals surface area contributed by atoms with Gasteiger partial charge in [-0.3, -0.25) is 19.3 Å². The average Bonchev–Trinajstić information content (AvgIpc) is 3.86. The molecule has 2 aromatic carbocycles. The number of ether oxygens (including phenoxy) is 1. The number of rotatable bonds is 8. The third-order valence-corrected chi connectivity index (χ3v) is 9.42. The number of halogens is 2. The highest BCUT2D eigenvalue weighted by molar-refractivity contribution is 5.88. The lowest BCUT2D eigenvalue weighted by atomic mass is 9.93. The van der Waals surface area contributed by atoms with Gasteiger partial charge in [0.15, 0.2) is 23.1 Å². The molecule has 58 heavy (non-hydrogen) atoms. The molecule has 0 radical (unpaired) electrons. The number of nitrogens with zero attached hydrogens (tertiary/aromatic N) is 8. The molecule has 0 fully saturated rings. The first-order valence-electron chi connectivity index (χ1n) is 18.4. The minimum atomic E-state index is -0.750. The quantitative estimate of drug-likeness (QED) is 0.0944. The Morgan fingerprint density at radius 3 is 1.93 bits per heavy atom. The zero-order valence-corrected chi connectivity index (χ0v) is 31.8. The Kier molecular flexibility index (Phi) is 12.8. The van der Waals surface area contributed by atoms with Crippen LogP contribution in [0.4, 0.5) is 31.5 Å². The van der Waals surface area contributed by atoms with Gasteiger partial charge in [-0.2, -0.15) is 20.7 Å². The second-order valence-electron chi connectivity index (χ2n) is 13.6. The van der Waals surface area contributed by atoms with Crippen LogP contribution < -0.4 is 15.4 Å². The van der Waals surface area contributed by atoms with Crippen molar-refractivity contribution in [3.8, 4) is 23.6 Å². The van der Waals surface area contributed by atoms with Gasteiger partial charge in [0.1, 0.15) is 18.2 Å². The summed E-state index contributed by atoms with van der Waals surface area (Å²) in [7, 11) is 3.57. The molecule has 1 atom stereocenters. The number of phenols is 1. The molecule has 294 valence electrons. The third-order valence-electron chi connectivity index (χ3n) is 9.42. The van der Waals surface area contributed by atoms with Crippen molar-refractivity contribution in [3.63, 3.8) is 0 Å². The number of hydrogen-bond donors (Lipinski definition) is 5. The lowest BCUT2D eigenvalue weighted by molar-refractivity contribution is 0.170. The van der Waals surface area contributed by atoms with Crippen LogP contribution in [0.15, 0.2) is 73.6 Å². The largest absolute Gasteiger partial charge is 0.505 e. The Labute approximate surface area is 333 Å². The smallest absolute Gasteiger partial charge is 0.165 e. The molecule has 16 heteroatoms. The van der Waals surface area contributed by atoms with E-state index in [1.54, 1.807) is 60.5 Å². The first kappa shape index (κ1) is 40.2. The molecule has 6 aromatic rings. The second kappa shape index (κ2) is 18.4. The van der Waals surface area contributed by atoms with Crippen molar-refractivity contribution in [3.05, 3.63) is 130 Å². The predicted molar refractivity (Wildman–Crippen MR) is 214 cm³/mol. The molecule has 0 amide bonds. The van der Waals surface area contributed by atoms with Gasteiger partial charge in [-0.25, -0.2) is 8.78 Å². The van der Waals surface area contributed by atoms with Gasteiger partial charge in [-0.1, -0.05) is 0 Å². The van der Waals surface area contributed by atoms with Crippen LogP contribution in [0.5, 0.6) is 11.5 Å². The monoisotopic (exact) mass is 782 g/mol. The summed E-state index contributed by atoms with van der Waals surface area (Å²) in [5.41, 5.74) is 8.55. The Hall–Kier alpha value is -7.46. The molecule has 0 saturated carbocycles. The molecular formula is C42H40F2N12O2. The molecule has 0 aliphatic heterocycles. The molecular weight excluding hydrogens is 743 g/mol. The van der Waals surface area contributed by atoms with E-state index in [4.69, 9.17) is 26.1 Å². The number of aryl methyl sites for hydroxylation is 5. The molecule has 14 nitrogen and oxygen atoms in total. The van der Waals surface area contributed by atoms with Gasteiger partial charge in [-0.05, 0) is 80.3 Å². The van der Waals surface area contributed by atoms with Gasteiger partial charge >= 0.3 is 0 Å². The highest BCUT2D eigenvalue weighted by Crippen LogP contribution is 2.36. The number of hydrogen-bond acceptors (Lipinski definition) is 12. The molecule has 4 heterocycles. The molecule has 8 rings (SSSR count). The van der Waals surface area contributed by atoms with E-state index in [9.17, 15) is 13.9 Å². The number of nitrogens with one attached hydrogen (secondary N) is 4. The van der Waals surface area contributed by atoms with E-state index in [-0.39, 0.29) is 5.75 Å². The first-order chi connectivity index (χ1) is 28.1. The lowest BCUT2D eigenvalue weighted by Gasteiger charge is -2.26. The summed E-state index contributed by atoms with van der Waals surface area (Å²) in [6.07, 6.45) is 18.7. The molecule has 0 saturated heterocycles. The van der Waals surface area contributed by atoms with Crippen molar-refractivity contribution in [2.24, 2.45) is 14.1 Å². The van der Waals surface area contributed by atoms with Crippen LogP contribution in [0, 0.1) is 45.1 Å². The zero-order chi connectivity index (χ0) is 41.2. The van der Waals surface area contributed by atoms with E-state index in [2.05, 4.69) is 42.9 Å². The topological polar surface area (TPSA) is 210 Å². The van der Waals surface area contributed by atoms with E-state index in [1.807, 2.05) is 12.1 Å². The summed E-state index contributed by atoms with van der Waals surface area (Å²) in [5.74, 6) is -1.66. The highest BCUT2D eigenvalue weighted by atomic mass is 19.1. The van der Waals surface area contributed by atoms with Gasteiger partial charge in [0.25, 0.3) is 0 Å². The number of phenolic OH excluding ortho intramolecular Hbond substituents is 1. The first-order valence-corrected chi connectivity index (χ1v) is 18.4. The molecule has 2 aliphatic rings. The summed E-state index contributed by atoms with van der Waals surface area (Å²) in [5, 5.41) is 56.0. The van der Waals surface area contributed by atoms with Crippen molar-refractivity contribution in [1.82, 2.24) is 29.5 Å². The third kappa shape index (κ3) is 9.85. The minimum absolute atomic E-state index is 0.0889. The standard InChI is InChI=1S/C21H19FN6O.C11H11FN4O.C10H10N2/c1-28-12-16(11-26-28)27-18-7-20(17(22)6-15(18)9-24)29-19-4-2-3-14-5-13(8-23)10-25-21(14)19;1-16-6-8(5-14-16)15-10-3-11(17)9(12)2-7(10)4-13;11-6-8-5-9-3-1-2-4-10(9)12-7-8/h5-7,9-12,19,24,27H,2-4H2,1H3;2-6,13,15,17H,1H3;5,7H,1-4H2/t19-;;/m0../s1. The van der Waals surface area contributed by atoms with Gasteiger partial charge < -0.3 is 31.3 Å². The summed E-state index contributed by atoms with van der Waals surface area (Å²) in [4.78, 5) is 8.66. The van der Waals surface area contributed by atoms with E-state index >= 15 is 0 Å². The summed E-state index contributed by atoms with van der Waals surface area (Å²) in [6, 6.07) is 13.2. The van der Waals surface area contributed by atoms with Gasteiger partial charge in [0, 0.05) is 80.3 Å². The van der Waals surface area contributed by atoms with Gasteiger partial charge in [0.05, 0.1) is 52.0 Å². The zero-order valence-electron chi connectivity index (χ0n) is 31.8. The molecule has 0 unspecified atom stereocenters. The molecule has 0 spiro atoms. The number of aromatic nitrogens is 6. The Balaban J connectivity index is 0.000000164. The van der Waals surface area contributed by atoms with Crippen LogP contribution in [0.2, 0.25) is 0 Å². The SMILES string of the molecule is Cn1cc(Nc2cc(O)c(F)cc2C=N)cn1.Cn1cc(Nc2cc(O[C@H]3CCCc4cc(C#N)cnc43)c(F)cc2C=N)cn1.N#Cc1cnc2c(c1)CCCC2. The molecule has 5 N–H and O–H groups in total. The van der Waals surface area contributed by atoms with E-state index in [0.717, 1.165) is 61.1 Å². The predicted octanol–water partition coefficient (Wildman–Crippen LogP) is 7.86. The fourth-order valence-electron chi connectivity index (χ4n) is 6.58. The normalized spacial score (nSPS) is 13.7. The number of aromatic hydroxyl groups is 1. The average molecular weight is 783 g/mol. The number of pyridine rings is 2. The van der Waals surface area contributed by atoms with E-state index in [0.29, 0.717) is 45.7 Å². The van der Waals surface area contributed by atoms with Crippen molar-refractivity contribution in [1.29, 1.82) is 21.3 Å². The number of nitriles is 2.